The summed E-state index contributed by atoms with van der Waals surface area (Å²) in [7, 11) is -4.38. The van der Waals surface area contributed by atoms with Gasteiger partial charge in [0.2, 0.25) is 0 Å². The van der Waals surface area contributed by atoms with Crippen molar-refractivity contribution in [3.05, 3.63) is 24.3 Å². The van der Waals surface area contributed by atoms with Crippen LogP contribution < -0.4 is 5.73 Å². The van der Waals surface area contributed by atoms with Crippen LogP contribution in [0.2, 0.25) is 0 Å². The minimum Gasteiger partial charge on any atom is -0.462 e. The molecule has 9 nitrogen and oxygen atoms in total. The average molecular weight is 772 g/mol. The third kappa shape index (κ3) is 40.0. The molecule has 0 aromatic rings. The lowest BCUT2D eigenvalue weighted by Gasteiger charge is -2.19. The number of hydrogen-bond acceptors (Lipinski definition) is 8. The van der Waals surface area contributed by atoms with E-state index in [9.17, 15) is 19.0 Å². The van der Waals surface area contributed by atoms with E-state index >= 15 is 0 Å². The summed E-state index contributed by atoms with van der Waals surface area (Å²) in [5.41, 5.74) is 5.34. The van der Waals surface area contributed by atoms with Gasteiger partial charge in [-0.05, 0) is 64.2 Å². The zero-order valence-corrected chi connectivity index (χ0v) is 35.2. The molecule has 10 heteroatoms. The summed E-state index contributed by atoms with van der Waals surface area (Å²) in [6, 6.07) is 0. The van der Waals surface area contributed by atoms with E-state index < -0.39 is 26.5 Å². The van der Waals surface area contributed by atoms with Crippen molar-refractivity contribution in [3.63, 3.8) is 0 Å². The average Bonchev–Trinajstić information content (AvgIpc) is 3.14. The van der Waals surface area contributed by atoms with E-state index in [1.165, 1.54) is 128 Å². The molecule has 0 aliphatic carbocycles. The van der Waals surface area contributed by atoms with Gasteiger partial charge in [0, 0.05) is 19.4 Å². The molecular weight excluding hydrogens is 689 g/mol. The monoisotopic (exact) mass is 772 g/mol. The lowest BCUT2D eigenvalue weighted by Crippen LogP contribution is -2.29. The Morgan fingerprint density at radius 1 is 0.547 bits per heavy atom. The second kappa shape index (κ2) is 40.2. The first-order valence-electron chi connectivity index (χ1n) is 21.8. The summed E-state index contributed by atoms with van der Waals surface area (Å²) in [5, 5.41) is 0. The van der Waals surface area contributed by atoms with Crippen LogP contribution >= 0.6 is 7.82 Å². The van der Waals surface area contributed by atoms with E-state index in [1.54, 1.807) is 0 Å². The highest BCUT2D eigenvalue weighted by Gasteiger charge is 2.26. The summed E-state index contributed by atoms with van der Waals surface area (Å²) in [6.45, 7) is 3.71. The van der Waals surface area contributed by atoms with Gasteiger partial charge in [0.05, 0.1) is 13.2 Å². The standard InChI is InChI=1S/C43H82NO8P/c1-3-5-7-9-11-13-15-17-18-19-20-21-22-24-25-27-29-31-33-35-42(45)49-39-41(40-51-53(47,48)50-38-37-44)52-43(46)36-34-32-30-28-26-23-16-14-12-10-8-6-4-2/h17-18,23,26,41H,3-16,19-22,24-25,27-40,44H2,1-2H3,(H,47,48)/b18-17+,26-23+/t41-/m0/s1. The SMILES string of the molecule is CCCCCCCC/C=C/CCCCCCCCCCCC(=O)OC[C@@H](COP(=O)(O)OCCN)OC(=O)CCCCC/C=C/CCCCCCCC. The van der Waals surface area contributed by atoms with E-state index in [2.05, 4.69) is 38.2 Å². The molecule has 0 heterocycles. The van der Waals surface area contributed by atoms with Crippen LogP contribution in [-0.2, 0) is 32.7 Å². The Balaban J connectivity index is 4.12. The molecule has 0 aliphatic rings. The van der Waals surface area contributed by atoms with E-state index in [1.807, 2.05) is 0 Å². The summed E-state index contributed by atoms with van der Waals surface area (Å²) >= 11 is 0. The van der Waals surface area contributed by atoms with E-state index in [-0.39, 0.29) is 38.6 Å². The van der Waals surface area contributed by atoms with Gasteiger partial charge in [-0.25, -0.2) is 4.57 Å². The van der Waals surface area contributed by atoms with Crippen molar-refractivity contribution in [2.45, 2.75) is 213 Å². The van der Waals surface area contributed by atoms with Gasteiger partial charge in [0.1, 0.15) is 6.61 Å². The molecule has 3 N–H and O–H groups in total. The van der Waals surface area contributed by atoms with Crippen molar-refractivity contribution in [1.82, 2.24) is 0 Å². The first kappa shape index (κ1) is 51.5. The first-order chi connectivity index (χ1) is 25.8. The van der Waals surface area contributed by atoms with Crippen LogP contribution in [0.1, 0.15) is 206 Å². The van der Waals surface area contributed by atoms with Crippen molar-refractivity contribution >= 4 is 19.8 Å². The number of unbranched alkanes of at least 4 members (excludes halogenated alkanes) is 24. The zero-order valence-electron chi connectivity index (χ0n) is 34.3. The van der Waals surface area contributed by atoms with Gasteiger partial charge in [-0.1, -0.05) is 154 Å². The molecule has 0 saturated heterocycles. The van der Waals surface area contributed by atoms with Gasteiger partial charge >= 0.3 is 19.8 Å². The van der Waals surface area contributed by atoms with Crippen molar-refractivity contribution in [1.29, 1.82) is 0 Å². The Labute approximate surface area is 325 Å². The van der Waals surface area contributed by atoms with Crippen LogP contribution in [0.25, 0.3) is 0 Å². The van der Waals surface area contributed by atoms with Crippen LogP contribution in [-0.4, -0.2) is 49.3 Å². The Hall–Kier alpha value is -1.51. The molecule has 0 aliphatic heterocycles. The lowest BCUT2D eigenvalue weighted by molar-refractivity contribution is -0.161. The van der Waals surface area contributed by atoms with Gasteiger partial charge in [-0.3, -0.25) is 18.6 Å². The molecule has 0 amide bonds. The fraction of sp³-hybridized carbons (Fsp3) is 0.860. The Morgan fingerprint density at radius 3 is 1.36 bits per heavy atom. The zero-order chi connectivity index (χ0) is 38.9. The van der Waals surface area contributed by atoms with Gasteiger partial charge in [-0.15, -0.1) is 0 Å². The number of hydrogen-bond donors (Lipinski definition) is 2. The fourth-order valence-corrected chi connectivity index (χ4v) is 6.80. The van der Waals surface area contributed by atoms with Gasteiger partial charge < -0.3 is 20.1 Å². The second-order valence-corrected chi connectivity index (χ2v) is 16.0. The summed E-state index contributed by atoms with van der Waals surface area (Å²) < 4.78 is 32.7. The number of allylic oxidation sites excluding steroid dienone is 4. The summed E-state index contributed by atoms with van der Waals surface area (Å²) in [6.07, 6.45) is 42.1. The van der Waals surface area contributed by atoms with Crippen LogP contribution in [0, 0.1) is 0 Å². The molecule has 0 rings (SSSR count). The van der Waals surface area contributed by atoms with Crippen LogP contribution in [0.5, 0.6) is 0 Å². The maximum Gasteiger partial charge on any atom is 0.472 e. The topological polar surface area (TPSA) is 134 Å². The quantitative estimate of drug-likeness (QED) is 0.0269. The minimum atomic E-state index is -4.38. The number of phosphoric acid groups is 1. The van der Waals surface area contributed by atoms with Crippen molar-refractivity contribution in [2.24, 2.45) is 5.73 Å². The highest BCUT2D eigenvalue weighted by atomic mass is 31.2. The number of esters is 2. The maximum atomic E-state index is 12.5. The number of phosphoric ester groups is 1. The third-order valence-electron chi connectivity index (χ3n) is 9.31. The molecule has 312 valence electrons. The van der Waals surface area contributed by atoms with Crippen LogP contribution in [0.3, 0.4) is 0 Å². The lowest BCUT2D eigenvalue weighted by atomic mass is 10.1. The first-order valence-corrected chi connectivity index (χ1v) is 23.3. The Morgan fingerprint density at radius 2 is 0.925 bits per heavy atom. The molecule has 1 unspecified atom stereocenters. The minimum absolute atomic E-state index is 0.0519. The second-order valence-electron chi connectivity index (χ2n) is 14.6. The molecule has 0 radical (unpaired) electrons. The van der Waals surface area contributed by atoms with Crippen LogP contribution in [0.15, 0.2) is 24.3 Å². The highest BCUT2D eigenvalue weighted by Crippen LogP contribution is 2.43. The Bertz CT molecular complexity index is 928. The van der Waals surface area contributed by atoms with Gasteiger partial charge in [-0.2, -0.15) is 0 Å². The summed E-state index contributed by atoms with van der Waals surface area (Å²) in [4.78, 5) is 34.8. The molecule has 0 aromatic carbocycles. The number of rotatable bonds is 41. The normalized spacial score (nSPS) is 13.5. The molecule has 0 fully saturated rings. The molecule has 53 heavy (non-hydrogen) atoms. The molecule has 0 saturated carbocycles. The van der Waals surface area contributed by atoms with E-state index in [4.69, 9.17) is 24.3 Å². The number of nitrogens with two attached hydrogens (primary N) is 1. The van der Waals surface area contributed by atoms with Crippen molar-refractivity contribution < 1.29 is 37.6 Å². The molecular formula is C43H82NO8P. The molecule has 2 atom stereocenters. The largest absolute Gasteiger partial charge is 0.472 e. The molecule has 0 spiro atoms. The maximum absolute atomic E-state index is 12.5. The van der Waals surface area contributed by atoms with E-state index in [0.29, 0.717) is 6.42 Å². The smallest absolute Gasteiger partial charge is 0.462 e. The number of carbonyl (C=O) groups excluding carboxylic acids is 2. The Kier molecular flexibility index (Phi) is 39.0. The third-order valence-corrected chi connectivity index (χ3v) is 10.3. The van der Waals surface area contributed by atoms with Crippen molar-refractivity contribution in [2.75, 3.05) is 26.4 Å². The molecule has 0 bridgehead atoms. The van der Waals surface area contributed by atoms with Crippen LogP contribution in [0.4, 0.5) is 0 Å². The number of ether oxygens (including phenoxy) is 2. The van der Waals surface area contributed by atoms with E-state index in [0.717, 1.165) is 44.9 Å². The fourth-order valence-electron chi connectivity index (χ4n) is 6.04. The summed E-state index contributed by atoms with van der Waals surface area (Å²) in [5.74, 6) is -0.845. The molecule has 0 aromatic heterocycles. The van der Waals surface area contributed by atoms with Gasteiger partial charge in [0.25, 0.3) is 0 Å². The highest BCUT2D eigenvalue weighted by molar-refractivity contribution is 7.47. The predicted octanol–water partition coefficient (Wildman–Crippen LogP) is 12.4. The van der Waals surface area contributed by atoms with Crippen molar-refractivity contribution in [3.8, 4) is 0 Å². The predicted molar refractivity (Wildman–Crippen MR) is 220 cm³/mol. The van der Waals surface area contributed by atoms with Gasteiger partial charge in [0.15, 0.2) is 6.10 Å². The number of carbonyl (C=O) groups is 2.